The zero-order chi connectivity index (χ0) is 43.8. The molecule has 20 nitrogen and oxygen atoms in total. The summed E-state index contributed by atoms with van der Waals surface area (Å²) in [7, 11) is 0. The minimum Gasteiger partial charge on any atom is -0.380 e. The number of hydrogen-bond acceptors (Lipinski definition) is 14. The summed E-state index contributed by atoms with van der Waals surface area (Å²) in [5, 5.41) is 2.66. The zero-order valence-corrected chi connectivity index (χ0v) is 33.2. The van der Waals surface area contributed by atoms with Gasteiger partial charge in [-0.1, -0.05) is 0 Å². The van der Waals surface area contributed by atoms with Gasteiger partial charge >= 0.3 is 0 Å². The van der Waals surface area contributed by atoms with Crippen molar-refractivity contribution in [3.8, 4) is 0 Å². The third-order valence-corrected chi connectivity index (χ3v) is 9.83. The van der Waals surface area contributed by atoms with Crippen LogP contribution in [0.15, 0.2) is 48.6 Å². The van der Waals surface area contributed by atoms with Crippen molar-refractivity contribution in [2.45, 2.75) is 70.4 Å². The van der Waals surface area contributed by atoms with Gasteiger partial charge in [-0.15, -0.1) is 0 Å². The lowest BCUT2D eigenvalue weighted by Crippen LogP contribution is -2.49. The number of nitrogens with zero attached hydrogens (tertiary/aromatic N) is 5. The van der Waals surface area contributed by atoms with Crippen molar-refractivity contribution in [3.05, 3.63) is 48.6 Å². The molecule has 4 aliphatic rings. The van der Waals surface area contributed by atoms with Crippen molar-refractivity contribution in [2.24, 2.45) is 0 Å². The number of ketones is 2. The predicted octanol–water partition coefficient (Wildman–Crippen LogP) is -1.32. The first-order valence-electron chi connectivity index (χ1n) is 19.5. The molecule has 20 heteroatoms. The van der Waals surface area contributed by atoms with Crippen LogP contribution in [0.4, 0.5) is 0 Å². The van der Waals surface area contributed by atoms with Crippen molar-refractivity contribution in [1.82, 2.24) is 29.8 Å². The molecular formula is C40H48N6O14. The largest absolute Gasteiger partial charge is 0.380 e. The number of nitrogens with one attached hydrogen (secondary N) is 1. The summed E-state index contributed by atoms with van der Waals surface area (Å²) in [5.41, 5.74) is 0. The van der Waals surface area contributed by atoms with Crippen LogP contribution in [0.3, 0.4) is 0 Å². The standard InChI is InChI=1S/C40H48N6O14/c1-27(47)4-9-32(50)42(19-23-59-21-2-3-30(48)7-5-28(45-37(55)14-15-38(45)56)25-43-33(51)10-11-34(43)52)20-24-60-22-18-41-31(49)8-6-29(46-39(57)16-17-40(46)58)26-44-35(53)12-13-36(44)54/h10-17,28-29H,2-9,18-26H2,1H3,(H,41,49). The van der Waals surface area contributed by atoms with Crippen LogP contribution in [-0.4, -0.2) is 166 Å². The molecule has 1 N–H and O–H groups in total. The molecule has 0 aliphatic carbocycles. The quantitative estimate of drug-likeness (QED) is 0.0710. The minimum atomic E-state index is -0.913. The summed E-state index contributed by atoms with van der Waals surface area (Å²) in [6.07, 6.45) is 9.11. The Kier molecular flexibility index (Phi) is 17.6. The van der Waals surface area contributed by atoms with Gasteiger partial charge in [-0.3, -0.25) is 72.3 Å². The van der Waals surface area contributed by atoms with Gasteiger partial charge < -0.3 is 24.5 Å². The van der Waals surface area contributed by atoms with Gasteiger partial charge in [0.1, 0.15) is 11.6 Å². The number of rotatable bonds is 28. The lowest BCUT2D eigenvalue weighted by Gasteiger charge is -2.29. The number of Topliss-reactive ketones (excluding diaryl/α,β-unsaturated/α-hetero) is 2. The van der Waals surface area contributed by atoms with Gasteiger partial charge in [0.25, 0.3) is 47.3 Å². The van der Waals surface area contributed by atoms with E-state index in [0.717, 1.165) is 68.2 Å². The number of amides is 10. The van der Waals surface area contributed by atoms with Crippen LogP contribution < -0.4 is 5.32 Å². The Bertz CT molecular complexity index is 1700. The molecule has 0 fully saturated rings. The lowest BCUT2D eigenvalue weighted by atomic mass is 10.0. The molecule has 4 rings (SSSR count). The van der Waals surface area contributed by atoms with E-state index >= 15 is 0 Å². The highest BCUT2D eigenvalue weighted by Gasteiger charge is 2.37. The van der Waals surface area contributed by atoms with E-state index < -0.39 is 65.2 Å². The lowest BCUT2D eigenvalue weighted by molar-refractivity contribution is -0.145. The van der Waals surface area contributed by atoms with Crippen LogP contribution in [0, 0.1) is 0 Å². The highest BCUT2D eigenvalue weighted by atomic mass is 16.5. The number of ether oxygens (including phenoxy) is 2. The van der Waals surface area contributed by atoms with E-state index in [-0.39, 0.29) is 122 Å². The second-order valence-corrected chi connectivity index (χ2v) is 14.2. The molecule has 322 valence electrons. The molecule has 0 aromatic carbocycles. The summed E-state index contributed by atoms with van der Waals surface area (Å²) in [6, 6.07) is -1.79. The number of carbonyl (C=O) groups excluding carboxylic acids is 12. The molecule has 60 heavy (non-hydrogen) atoms. The van der Waals surface area contributed by atoms with Crippen LogP contribution in [0.5, 0.6) is 0 Å². The fourth-order valence-corrected chi connectivity index (χ4v) is 6.62. The molecule has 2 unspecified atom stereocenters. The molecule has 4 heterocycles. The van der Waals surface area contributed by atoms with Crippen molar-refractivity contribution < 1.29 is 67.0 Å². The maximum atomic E-state index is 12.9. The highest BCUT2D eigenvalue weighted by Crippen LogP contribution is 2.19. The van der Waals surface area contributed by atoms with Gasteiger partial charge in [-0.05, 0) is 26.2 Å². The van der Waals surface area contributed by atoms with Crippen LogP contribution in [0.25, 0.3) is 0 Å². The normalized spacial score (nSPS) is 17.0. The van der Waals surface area contributed by atoms with Crippen LogP contribution in [0.1, 0.15) is 58.3 Å². The monoisotopic (exact) mass is 836 g/mol. The van der Waals surface area contributed by atoms with Crippen LogP contribution in [0.2, 0.25) is 0 Å². The summed E-state index contributed by atoms with van der Waals surface area (Å²) < 4.78 is 11.3. The Morgan fingerprint density at radius 2 is 0.983 bits per heavy atom. The van der Waals surface area contributed by atoms with Gasteiger partial charge in [0.15, 0.2) is 0 Å². The number of carbonyl (C=O) groups is 12. The average molecular weight is 837 g/mol. The molecule has 0 aromatic rings. The molecular weight excluding hydrogens is 788 g/mol. The van der Waals surface area contributed by atoms with Crippen LogP contribution >= 0.6 is 0 Å². The van der Waals surface area contributed by atoms with Crippen molar-refractivity contribution in [2.75, 3.05) is 59.2 Å². The van der Waals surface area contributed by atoms with E-state index in [0.29, 0.717) is 6.42 Å². The predicted molar refractivity (Wildman–Crippen MR) is 205 cm³/mol. The van der Waals surface area contributed by atoms with Crippen LogP contribution in [-0.2, 0) is 67.0 Å². The van der Waals surface area contributed by atoms with E-state index in [1.54, 1.807) is 0 Å². The van der Waals surface area contributed by atoms with E-state index in [9.17, 15) is 57.5 Å². The first-order chi connectivity index (χ1) is 28.7. The molecule has 0 spiro atoms. The van der Waals surface area contributed by atoms with Gasteiger partial charge in [0, 0.05) is 107 Å². The summed E-state index contributed by atoms with van der Waals surface area (Å²) in [5.74, 6) is -5.75. The maximum absolute atomic E-state index is 12.9. The third-order valence-electron chi connectivity index (χ3n) is 9.83. The second kappa shape index (κ2) is 22.8. The first-order valence-corrected chi connectivity index (χ1v) is 19.5. The van der Waals surface area contributed by atoms with E-state index in [2.05, 4.69) is 5.32 Å². The molecule has 0 saturated heterocycles. The highest BCUT2D eigenvalue weighted by molar-refractivity contribution is 6.15. The van der Waals surface area contributed by atoms with E-state index in [1.807, 2.05) is 0 Å². The first kappa shape index (κ1) is 46.4. The number of imide groups is 4. The molecule has 0 radical (unpaired) electrons. The molecule has 0 saturated carbocycles. The maximum Gasteiger partial charge on any atom is 0.253 e. The topological polar surface area (TPSA) is 252 Å². The Morgan fingerprint density at radius 1 is 0.550 bits per heavy atom. The molecule has 10 amide bonds. The van der Waals surface area contributed by atoms with E-state index in [4.69, 9.17) is 9.47 Å². The Balaban J connectivity index is 1.13. The average Bonchev–Trinajstić information content (AvgIpc) is 3.93. The van der Waals surface area contributed by atoms with Gasteiger partial charge in [0.2, 0.25) is 11.8 Å². The molecule has 0 bridgehead atoms. The van der Waals surface area contributed by atoms with Crippen molar-refractivity contribution in [3.63, 3.8) is 0 Å². The van der Waals surface area contributed by atoms with Gasteiger partial charge in [-0.2, -0.15) is 0 Å². The van der Waals surface area contributed by atoms with Gasteiger partial charge in [0.05, 0.1) is 45.0 Å². The SMILES string of the molecule is CC(=O)CCC(=O)N(CCOCCCC(=O)CCC(CN1C(=O)C=CC1=O)N1C(=O)C=CC1=O)CCOCCNC(=O)CCC(CN1C(=O)C=CC1=O)N1C(=O)C=CC1=O. The fraction of sp³-hybridized carbons (Fsp3) is 0.500. The molecule has 2 atom stereocenters. The molecule has 0 aromatic heterocycles. The summed E-state index contributed by atoms with van der Waals surface area (Å²) >= 11 is 0. The Morgan fingerprint density at radius 3 is 1.45 bits per heavy atom. The number of hydrogen-bond donors (Lipinski definition) is 1. The summed E-state index contributed by atoms with van der Waals surface area (Å²) in [4.78, 5) is 152. The fourth-order valence-electron chi connectivity index (χ4n) is 6.62. The third kappa shape index (κ3) is 13.7. The summed E-state index contributed by atoms with van der Waals surface area (Å²) in [6.45, 7) is 1.81. The molecule has 4 aliphatic heterocycles. The van der Waals surface area contributed by atoms with Crippen molar-refractivity contribution >= 4 is 70.6 Å². The Hall–Kier alpha value is -6.28. The van der Waals surface area contributed by atoms with Crippen molar-refractivity contribution in [1.29, 1.82) is 0 Å². The van der Waals surface area contributed by atoms with Gasteiger partial charge in [-0.25, -0.2) is 0 Å². The smallest absolute Gasteiger partial charge is 0.253 e. The second-order valence-electron chi connectivity index (χ2n) is 14.2. The minimum absolute atomic E-state index is 0.00629. The van der Waals surface area contributed by atoms with E-state index in [1.165, 1.54) is 11.8 Å². The Labute approximate surface area is 345 Å². The zero-order valence-electron chi connectivity index (χ0n) is 33.2.